The van der Waals surface area contributed by atoms with E-state index < -0.39 is 0 Å². The first-order chi connectivity index (χ1) is 10.1. The van der Waals surface area contributed by atoms with Gasteiger partial charge in [0.1, 0.15) is 0 Å². The smallest absolute Gasteiger partial charge is 0.241 e. The molecule has 2 amide bonds. The Morgan fingerprint density at radius 1 is 1.24 bits per heavy atom. The number of hydrogen-bond donors (Lipinski definition) is 3. The van der Waals surface area contributed by atoms with Gasteiger partial charge >= 0.3 is 0 Å². The lowest BCUT2D eigenvalue weighted by atomic mass is 10.0. The summed E-state index contributed by atoms with van der Waals surface area (Å²) in [6.07, 6.45) is 3.51. The minimum Gasteiger partial charge on any atom is -0.326 e. The normalized spacial score (nSPS) is 18.1. The first kappa shape index (κ1) is 15.5. The van der Waals surface area contributed by atoms with Gasteiger partial charge in [0.15, 0.2) is 0 Å². The predicted octanol–water partition coefficient (Wildman–Crippen LogP) is 2.42. The van der Waals surface area contributed by atoms with Crippen LogP contribution in [0, 0.1) is 6.92 Å². The highest BCUT2D eigenvalue weighted by Crippen LogP contribution is 2.24. The van der Waals surface area contributed by atoms with Gasteiger partial charge in [-0.25, -0.2) is 0 Å². The van der Waals surface area contributed by atoms with Gasteiger partial charge in [0, 0.05) is 17.8 Å². The van der Waals surface area contributed by atoms with Crippen LogP contribution >= 0.6 is 0 Å². The van der Waals surface area contributed by atoms with Crippen molar-refractivity contribution in [2.24, 2.45) is 0 Å². The average molecular weight is 289 g/mol. The molecule has 1 atom stereocenters. The lowest BCUT2D eigenvalue weighted by molar-refractivity contribution is -0.118. The van der Waals surface area contributed by atoms with Gasteiger partial charge in [0.25, 0.3) is 0 Å². The van der Waals surface area contributed by atoms with Crippen molar-refractivity contribution < 1.29 is 9.59 Å². The zero-order valence-corrected chi connectivity index (χ0v) is 12.7. The van der Waals surface area contributed by atoms with Crippen LogP contribution in [-0.4, -0.2) is 24.4 Å². The Hall–Kier alpha value is -1.88. The summed E-state index contributed by atoms with van der Waals surface area (Å²) in [5.41, 5.74) is 2.38. The largest absolute Gasteiger partial charge is 0.326 e. The molecule has 114 valence electrons. The number of rotatable bonds is 4. The van der Waals surface area contributed by atoms with Crippen LogP contribution in [0.15, 0.2) is 18.2 Å². The van der Waals surface area contributed by atoms with E-state index in [1.165, 1.54) is 0 Å². The summed E-state index contributed by atoms with van der Waals surface area (Å²) >= 11 is 0. The van der Waals surface area contributed by atoms with Crippen LogP contribution in [0.4, 0.5) is 11.4 Å². The number of hydrogen-bond acceptors (Lipinski definition) is 3. The summed E-state index contributed by atoms with van der Waals surface area (Å²) in [6, 6.07) is 5.42. The van der Waals surface area contributed by atoms with E-state index in [0.29, 0.717) is 6.42 Å². The molecule has 3 N–H and O–H groups in total. The SMILES string of the molecule is CCC(=O)Nc1cccc(NC(=O)C2CCCCN2)c1C. The van der Waals surface area contributed by atoms with Gasteiger partial charge in [-0.15, -0.1) is 0 Å². The van der Waals surface area contributed by atoms with E-state index in [9.17, 15) is 9.59 Å². The molecule has 21 heavy (non-hydrogen) atoms. The van der Waals surface area contributed by atoms with Crippen molar-refractivity contribution in [3.05, 3.63) is 23.8 Å². The van der Waals surface area contributed by atoms with E-state index in [-0.39, 0.29) is 17.9 Å². The van der Waals surface area contributed by atoms with Crippen LogP contribution in [0.3, 0.4) is 0 Å². The number of anilines is 2. The Balaban J connectivity index is 2.07. The fraction of sp³-hybridized carbons (Fsp3) is 0.500. The van der Waals surface area contributed by atoms with Crippen LogP contribution in [0.25, 0.3) is 0 Å². The topological polar surface area (TPSA) is 70.2 Å². The molecule has 0 aliphatic carbocycles. The number of piperidine rings is 1. The Labute approximate surface area is 125 Å². The van der Waals surface area contributed by atoms with E-state index in [2.05, 4.69) is 16.0 Å². The van der Waals surface area contributed by atoms with E-state index in [4.69, 9.17) is 0 Å². The van der Waals surface area contributed by atoms with Crippen molar-refractivity contribution in [3.63, 3.8) is 0 Å². The first-order valence-electron chi connectivity index (χ1n) is 7.55. The third-order valence-electron chi connectivity index (χ3n) is 3.81. The maximum atomic E-state index is 12.2. The highest BCUT2D eigenvalue weighted by molar-refractivity contribution is 5.97. The molecule has 1 saturated heterocycles. The monoisotopic (exact) mass is 289 g/mol. The maximum absolute atomic E-state index is 12.2. The van der Waals surface area contributed by atoms with Crippen molar-refractivity contribution in [1.82, 2.24) is 5.32 Å². The van der Waals surface area contributed by atoms with Gasteiger partial charge < -0.3 is 16.0 Å². The Bertz CT molecular complexity index is 522. The first-order valence-corrected chi connectivity index (χ1v) is 7.55. The number of carbonyl (C=O) groups is 2. The fourth-order valence-electron chi connectivity index (χ4n) is 2.44. The second-order valence-corrected chi connectivity index (χ2v) is 5.37. The molecule has 1 aromatic carbocycles. The zero-order chi connectivity index (χ0) is 15.2. The standard InChI is InChI=1S/C16H23N3O2/c1-3-15(20)18-12-8-6-9-13(11(12)2)19-16(21)14-7-4-5-10-17-14/h6,8-9,14,17H,3-5,7,10H2,1-2H3,(H,18,20)(H,19,21). The van der Waals surface area contributed by atoms with Crippen LogP contribution in [0.5, 0.6) is 0 Å². The van der Waals surface area contributed by atoms with Crippen molar-refractivity contribution in [2.45, 2.75) is 45.6 Å². The summed E-state index contributed by atoms with van der Waals surface area (Å²) in [5.74, 6) is -0.0349. The van der Waals surface area contributed by atoms with E-state index in [0.717, 1.165) is 42.7 Å². The van der Waals surface area contributed by atoms with E-state index in [1.54, 1.807) is 0 Å². The molecular formula is C16H23N3O2. The molecular weight excluding hydrogens is 266 g/mol. The molecule has 0 aromatic heterocycles. The quantitative estimate of drug-likeness (QED) is 0.797. The summed E-state index contributed by atoms with van der Waals surface area (Å²) in [7, 11) is 0. The lowest BCUT2D eigenvalue weighted by Gasteiger charge is -2.23. The lowest BCUT2D eigenvalue weighted by Crippen LogP contribution is -2.43. The van der Waals surface area contributed by atoms with Gasteiger partial charge in [-0.3, -0.25) is 9.59 Å². The Morgan fingerprint density at radius 3 is 2.57 bits per heavy atom. The molecule has 1 aliphatic rings. The molecule has 0 spiro atoms. The van der Waals surface area contributed by atoms with Gasteiger partial charge in [-0.1, -0.05) is 19.4 Å². The van der Waals surface area contributed by atoms with Crippen LogP contribution < -0.4 is 16.0 Å². The summed E-state index contributed by atoms with van der Waals surface area (Å²) in [6.45, 7) is 4.60. The molecule has 1 fully saturated rings. The number of amides is 2. The van der Waals surface area contributed by atoms with Crippen LogP contribution in [0.2, 0.25) is 0 Å². The molecule has 1 unspecified atom stereocenters. The third kappa shape index (κ3) is 4.04. The van der Waals surface area contributed by atoms with Crippen molar-refractivity contribution in [3.8, 4) is 0 Å². The van der Waals surface area contributed by atoms with Gasteiger partial charge in [0.05, 0.1) is 6.04 Å². The molecule has 5 nitrogen and oxygen atoms in total. The molecule has 2 rings (SSSR count). The average Bonchev–Trinajstić information content (AvgIpc) is 2.52. The molecule has 0 bridgehead atoms. The minimum atomic E-state index is -0.118. The number of nitrogens with one attached hydrogen (secondary N) is 3. The van der Waals surface area contributed by atoms with Gasteiger partial charge in [0.2, 0.25) is 11.8 Å². The van der Waals surface area contributed by atoms with Gasteiger partial charge in [-0.2, -0.15) is 0 Å². The summed E-state index contributed by atoms with van der Waals surface area (Å²) in [5, 5.41) is 9.04. The second-order valence-electron chi connectivity index (χ2n) is 5.37. The van der Waals surface area contributed by atoms with Crippen LogP contribution in [0.1, 0.15) is 38.2 Å². The zero-order valence-electron chi connectivity index (χ0n) is 12.7. The number of carbonyl (C=O) groups excluding carboxylic acids is 2. The highest BCUT2D eigenvalue weighted by atomic mass is 16.2. The molecule has 0 saturated carbocycles. The third-order valence-corrected chi connectivity index (χ3v) is 3.81. The van der Waals surface area contributed by atoms with Crippen molar-refractivity contribution in [2.75, 3.05) is 17.2 Å². The van der Waals surface area contributed by atoms with Crippen molar-refractivity contribution in [1.29, 1.82) is 0 Å². The molecule has 0 radical (unpaired) electrons. The number of benzene rings is 1. The maximum Gasteiger partial charge on any atom is 0.241 e. The Morgan fingerprint density at radius 2 is 1.95 bits per heavy atom. The second kappa shape index (κ2) is 7.22. The predicted molar refractivity (Wildman–Crippen MR) is 84.4 cm³/mol. The van der Waals surface area contributed by atoms with Gasteiger partial charge in [-0.05, 0) is 44.0 Å². The van der Waals surface area contributed by atoms with Crippen molar-refractivity contribution >= 4 is 23.2 Å². The summed E-state index contributed by atoms with van der Waals surface area (Å²) < 4.78 is 0. The molecule has 1 heterocycles. The van der Waals surface area contributed by atoms with E-state index >= 15 is 0 Å². The highest BCUT2D eigenvalue weighted by Gasteiger charge is 2.21. The molecule has 1 aliphatic heterocycles. The van der Waals surface area contributed by atoms with E-state index in [1.807, 2.05) is 32.0 Å². The van der Waals surface area contributed by atoms with Crippen LogP contribution in [-0.2, 0) is 9.59 Å². The Kier molecular flexibility index (Phi) is 5.33. The fourth-order valence-corrected chi connectivity index (χ4v) is 2.44. The minimum absolute atomic E-state index is 0.00299. The summed E-state index contributed by atoms with van der Waals surface area (Å²) in [4.78, 5) is 23.8. The molecule has 5 heteroatoms. The molecule has 1 aromatic rings.